The maximum absolute atomic E-state index is 12.5. The molecule has 0 aliphatic carbocycles. The van der Waals surface area contributed by atoms with Crippen LogP contribution in [0.2, 0.25) is 0 Å². The van der Waals surface area contributed by atoms with Crippen LogP contribution in [-0.2, 0) is 17.0 Å². The van der Waals surface area contributed by atoms with E-state index in [9.17, 15) is 19.5 Å². The predicted molar refractivity (Wildman–Crippen MR) is 165 cm³/mol. The molecular formula is C30H38Na2O7S. The molecule has 0 fully saturated rings. The SMILES string of the molecule is CCCCSCc1cccc(C(CCCC(=O)O)COc2ccc3c(=O)cc(C(=O)O)oc3c2CCC)c1.[NaH].[NaH]. The van der Waals surface area contributed by atoms with Gasteiger partial charge in [-0.15, -0.1) is 0 Å². The first kappa shape index (κ1) is 36.8. The second kappa shape index (κ2) is 19.0. The third-order valence-electron chi connectivity index (χ3n) is 6.38. The first-order valence-corrected chi connectivity index (χ1v) is 14.3. The van der Waals surface area contributed by atoms with Gasteiger partial charge in [-0.2, -0.15) is 11.8 Å². The molecule has 40 heavy (non-hydrogen) atoms. The van der Waals surface area contributed by atoms with Crippen LogP contribution >= 0.6 is 11.8 Å². The summed E-state index contributed by atoms with van der Waals surface area (Å²) < 4.78 is 11.9. The molecule has 0 saturated carbocycles. The Hall–Kier alpha value is -1.26. The van der Waals surface area contributed by atoms with E-state index in [1.54, 1.807) is 12.1 Å². The Morgan fingerprint density at radius 1 is 1.02 bits per heavy atom. The molecule has 3 aromatic rings. The van der Waals surface area contributed by atoms with Crippen molar-refractivity contribution in [2.24, 2.45) is 0 Å². The fourth-order valence-electron chi connectivity index (χ4n) is 4.39. The van der Waals surface area contributed by atoms with Crippen LogP contribution in [0.15, 0.2) is 51.7 Å². The summed E-state index contributed by atoms with van der Waals surface area (Å²) in [5.74, 6) is 0.0218. The number of unbranched alkanes of at least 4 members (excludes halogenated alkanes) is 1. The zero-order chi connectivity index (χ0) is 27.5. The number of benzene rings is 2. The minimum absolute atomic E-state index is 0. The van der Waals surface area contributed by atoms with E-state index in [1.807, 2.05) is 24.8 Å². The summed E-state index contributed by atoms with van der Waals surface area (Å²) in [4.78, 5) is 35.2. The molecule has 0 amide bonds. The molecule has 1 unspecified atom stereocenters. The average Bonchev–Trinajstić information content (AvgIpc) is 2.89. The molecule has 0 spiro atoms. The Balaban J connectivity index is 0.00000400. The van der Waals surface area contributed by atoms with Gasteiger partial charge in [0.1, 0.15) is 11.3 Å². The number of hydrogen-bond acceptors (Lipinski definition) is 6. The maximum atomic E-state index is 12.5. The Kier molecular flexibility index (Phi) is 17.5. The van der Waals surface area contributed by atoms with Crippen molar-refractivity contribution in [3.8, 4) is 5.75 Å². The third kappa shape index (κ3) is 10.9. The molecule has 1 atom stereocenters. The van der Waals surface area contributed by atoms with Crippen molar-refractivity contribution in [3.05, 3.63) is 75.1 Å². The van der Waals surface area contributed by atoms with Gasteiger partial charge in [0.2, 0.25) is 5.76 Å². The van der Waals surface area contributed by atoms with Crippen molar-refractivity contribution < 1.29 is 29.0 Å². The van der Waals surface area contributed by atoms with E-state index in [0.29, 0.717) is 42.6 Å². The summed E-state index contributed by atoms with van der Waals surface area (Å²) in [5, 5.41) is 18.9. The van der Waals surface area contributed by atoms with Gasteiger partial charge in [-0.25, -0.2) is 4.79 Å². The Morgan fingerprint density at radius 2 is 1.80 bits per heavy atom. The molecular weight excluding hydrogens is 550 g/mol. The number of carboxylic acids is 2. The van der Waals surface area contributed by atoms with Crippen molar-refractivity contribution in [1.82, 2.24) is 0 Å². The molecule has 0 radical (unpaired) electrons. The standard InChI is InChI=1S/C30H36O7S.2Na.2H/c1-3-5-15-38-19-20-9-6-10-21(16-20)22(11-7-12-28(32)33)18-36-26-14-13-23-25(31)17-27(30(34)35)37-29(23)24(26)8-4-2;;;;/h6,9-10,13-14,16-17,22H,3-5,7-8,11-12,15,18-19H2,1-2H3,(H,32,33)(H,34,35);;;;. The van der Waals surface area contributed by atoms with Crippen LogP contribution in [0.4, 0.5) is 0 Å². The second-order valence-electron chi connectivity index (χ2n) is 9.39. The Bertz CT molecular complexity index is 1310. The molecule has 0 saturated heterocycles. The molecule has 10 heteroatoms. The molecule has 2 aromatic carbocycles. The van der Waals surface area contributed by atoms with Gasteiger partial charge in [0.15, 0.2) is 5.43 Å². The normalized spacial score (nSPS) is 11.3. The molecule has 0 bridgehead atoms. The number of aliphatic carboxylic acids is 1. The number of thioether (sulfide) groups is 1. The van der Waals surface area contributed by atoms with Gasteiger partial charge >= 0.3 is 71.1 Å². The number of hydrogen-bond donors (Lipinski definition) is 2. The first-order valence-electron chi connectivity index (χ1n) is 13.2. The van der Waals surface area contributed by atoms with E-state index < -0.39 is 23.1 Å². The summed E-state index contributed by atoms with van der Waals surface area (Å²) in [6, 6.07) is 12.7. The fraction of sp³-hybridized carbons (Fsp3) is 0.433. The van der Waals surface area contributed by atoms with Crippen LogP contribution < -0.4 is 10.2 Å². The van der Waals surface area contributed by atoms with Gasteiger partial charge in [0, 0.05) is 29.7 Å². The van der Waals surface area contributed by atoms with E-state index in [2.05, 4.69) is 25.1 Å². The number of carboxylic acid groups (broad SMARTS) is 2. The number of aromatic carboxylic acids is 1. The van der Waals surface area contributed by atoms with Crippen molar-refractivity contribution in [3.63, 3.8) is 0 Å². The van der Waals surface area contributed by atoms with Gasteiger partial charge in [-0.1, -0.05) is 51.0 Å². The zero-order valence-electron chi connectivity index (χ0n) is 22.0. The molecule has 1 aromatic heterocycles. The van der Waals surface area contributed by atoms with Crippen LogP contribution in [0.3, 0.4) is 0 Å². The quantitative estimate of drug-likeness (QED) is 0.164. The minimum atomic E-state index is -1.30. The van der Waals surface area contributed by atoms with E-state index in [0.717, 1.165) is 29.6 Å². The van der Waals surface area contributed by atoms with E-state index >= 15 is 0 Å². The van der Waals surface area contributed by atoms with Crippen LogP contribution in [-0.4, -0.2) is 93.6 Å². The first-order chi connectivity index (χ1) is 18.3. The van der Waals surface area contributed by atoms with Crippen molar-refractivity contribution in [1.29, 1.82) is 0 Å². The second-order valence-corrected chi connectivity index (χ2v) is 10.5. The molecule has 0 aliphatic rings. The summed E-state index contributed by atoms with van der Waals surface area (Å²) in [7, 11) is 0. The Labute approximate surface area is 284 Å². The molecule has 7 nitrogen and oxygen atoms in total. The van der Waals surface area contributed by atoms with Crippen LogP contribution in [0.1, 0.15) is 85.5 Å². The molecule has 208 valence electrons. The number of aryl methyl sites for hydroxylation is 1. The van der Waals surface area contributed by atoms with Gasteiger partial charge < -0.3 is 19.4 Å². The molecule has 2 N–H and O–H groups in total. The van der Waals surface area contributed by atoms with Crippen LogP contribution in [0.25, 0.3) is 11.0 Å². The Morgan fingerprint density at radius 3 is 2.48 bits per heavy atom. The van der Waals surface area contributed by atoms with E-state index in [4.69, 9.17) is 14.3 Å². The van der Waals surface area contributed by atoms with Gasteiger partial charge in [-0.3, -0.25) is 9.59 Å². The van der Waals surface area contributed by atoms with Crippen molar-refractivity contribution in [2.45, 2.75) is 70.5 Å². The third-order valence-corrected chi connectivity index (χ3v) is 7.50. The summed E-state index contributed by atoms with van der Waals surface area (Å²) in [6.07, 6.45) is 4.91. The zero-order valence-corrected chi connectivity index (χ0v) is 22.9. The van der Waals surface area contributed by atoms with Gasteiger partial charge in [0.05, 0.1) is 12.0 Å². The van der Waals surface area contributed by atoms with Crippen molar-refractivity contribution >= 4 is 93.8 Å². The van der Waals surface area contributed by atoms with Gasteiger partial charge in [0.25, 0.3) is 0 Å². The number of fused-ring (bicyclic) bond motifs is 1. The summed E-state index contributed by atoms with van der Waals surface area (Å²) in [6.45, 7) is 4.49. The molecule has 1 heterocycles. The molecule has 3 rings (SSSR count). The predicted octanol–water partition coefficient (Wildman–Crippen LogP) is 5.60. The average molecular weight is 589 g/mol. The number of ether oxygens (including phenoxy) is 1. The number of carbonyl (C=O) groups is 2. The van der Waals surface area contributed by atoms with Crippen LogP contribution in [0, 0.1) is 0 Å². The summed E-state index contributed by atoms with van der Waals surface area (Å²) in [5.41, 5.74) is 2.82. The topological polar surface area (TPSA) is 114 Å². The van der Waals surface area contributed by atoms with Crippen LogP contribution in [0.5, 0.6) is 5.75 Å². The monoisotopic (exact) mass is 588 g/mol. The number of rotatable bonds is 16. The fourth-order valence-corrected chi connectivity index (χ4v) is 5.45. The van der Waals surface area contributed by atoms with E-state index in [1.165, 1.54) is 18.4 Å². The van der Waals surface area contributed by atoms with E-state index in [-0.39, 0.29) is 77.0 Å². The molecule has 0 aliphatic heterocycles. The van der Waals surface area contributed by atoms with Gasteiger partial charge in [-0.05, 0) is 54.7 Å². The van der Waals surface area contributed by atoms with Crippen molar-refractivity contribution in [2.75, 3.05) is 12.4 Å². The summed E-state index contributed by atoms with van der Waals surface area (Å²) >= 11 is 1.91.